The first-order chi connectivity index (χ1) is 9.56. The molecule has 0 aliphatic carbocycles. The van der Waals surface area contributed by atoms with Crippen LogP contribution in [0.3, 0.4) is 0 Å². The minimum atomic E-state index is -0.866. The van der Waals surface area contributed by atoms with Crippen LogP contribution in [0.5, 0.6) is 0 Å². The summed E-state index contributed by atoms with van der Waals surface area (Å²) in [6.07, 6.45) is -0.523. The lowest BCUT2D eigenvalue weighted by Gasteiger charge is -2.09. The second-order valence-corrected chi connectivity index (χ2v) is 4.56. The van der Waals surface area contributed by atoms with Crippen LogP contribution in [-0.2, 0) is 19.1 Å². The molecule has 7 heteroatoms. The molecule has 1 heterocycles. The first-order valence-electron chi connectivity index (χ1n) is 5.96. The average Bonchev–Trinajstić information content (AvgIpc) is 2.82. The third-order valence-corrected chi connectivity index (χ3v) is 2.91. The SMILES string of the molecule is O=C(CNC(=O)c1ccc(Cl)cc1)O[C@@H]1CCOC1=O. The Hall–Kier alpha value is -2.08. The van der Waals surface area contributed by atoms with Crippen LogP contribution in [0, 0.1) is 0 Å². The molecule has 1 N–H and O–H groups in total. The number of amides is 1. The van der Waals surface area contributed by atoms with Gasteiger partial charge in [-0.1, -0.05) is 11.6 Å². The van der Waals surface area contributed by atoms with Crippen molar-refractivity contribution < 1.29 is 23.9 Å². The molecule has 20 heavy (non-hydrogen) atoms. The fraction of sp³-hybridized carbons (Fsp3) is 0.308. The summed E-state index contributed by atoms with van der Waals surface area (Å²) in [5.41, 5.74) is 0.377. The Labute approximate surface area is 120 Å². The zero-order valence-corrected chi connectivity index (χ0v) is 11.2. The number of hydrogen-bond donors (Lipinski definition) is 1. The van der Waals surface area contributed by atoms with Gasteiger partial charge in [0, 0.05) is 17.0 Å². The fourth-order valence-electron chi connectivity index (χ4n) is 1.64. The number of carbonyl (C=O) groups is 3. The second-order valence-electron chi connectivity index (χ2n) is 4.12. The van der Waals surface area contributed by atoms with Crippen molar-refractivity contribution in [2.24, 2.45) is 0 Å². The van der Waals surface area contributed by atoms with Crippen molar-refractivity contribution in [3.8, 4) is 0 Å². The molecule has 0 saturated carbocycles. The molecule has 0 spiro atoms. The number of carbonyl (C=O) groups excluding carboxylic acids is 3. The summed E-state index contributed by atoms with van der Waals surface area (Å²) >= 11 is 5.70. The zero-order valence-electron chi connectivity index (χ0n) is 10.4. The molecule has 1 saturated heterocycles. The first kappa shape index (κ1) is 14.3. The van der Waals surface area contributed by atoms with Crippen LogP contribution in [-0.4, -0.2) is 37.1 Å². The Morgan fingerprint density at radius 3 is 2.65 bits per heavy atom. The molecule has 1 aliphatic heterocycles. The summed E-state index contributed by atoms with van der Waals surface area (Å²) < 4.78 is 9.54. The minimum Gasteiger partial charge on any atom is -0.463 e. The van der Waals surface area contributed by atoms with Crippen LogP contribution < -0.4 is 5.32 Å². The highest BCUT2D eigenvalue weighted by atomic mass is 35.5. The van der Waals surface area contributed by atoms with Gasteiger partial charge in [-0.3, -0.25) is 9.59 Å². The van der Waals surface area contributed by atoms with Gasteiger partial charge in [0.25, 0.3) is 5.91 Å². The van der Waals surface area contributed by atoms with Crippen molar-refractivity contribution in [1.29, 1.82) is 0 Å². The molecule has 1 aromatic rings. The molecule has 6 nitrogen and oxygen atoms in total. The number of benzene rings is 1. The normalized spacial score (nSPS) is 17.4. The molecular weight excluding hydrogens is 286 g/mol. The summed E-state index contributed by atoms with van der Waals surface area (Å²) in [4.78, 5) is 34.3. The second kappa shape index (κ2) is 6.38. The molecule has 1 fully saturated rings. The number of ether oxygens (including phenoxy) is 2. The maximum absolute atomic E-state index is 11.7. The number of nitrogens with one attached hydrogen (secondary N) is 1. The summed E-state index contributed by atoms with van der Waals surface area (Å²) in [5, 5.41) is 2.91. The van der Waals surface area contributed by atoms with Crippen LogP contribution in [0.4, 0.5) is 0 Å². The predicted molar refractivity (Wildman–Crippen MR) is 69.2 cm³/mol. The van der Waals surface area contributed by atoms with Gasteiger partial charge in [0.1, 0.15) is 6.54 Å². The molecule has 1 amide bonds. The Balaban J connectivity index is 1.79. The van der Waals surface area contributed by atoms with Gasteiger partial charge in [0.05, 0.1) is 6.61 Å². The fourth-order valence-corrected chi connectivity index (χ4v) is 1.77. The van der Waals surface area contributed by atoms with Crippen LogP contribution in [0.2, 0.25) is 5.02 Å². The molecule has 0 unspecified atom stereocenters. The first-order valence-corrected chi connectivity index (χ1v) is 6.34. The Morgan fingerprint density at radius 1 is 1.35 bits per heavy atom. The van der Waals surface area contributed by atoms with Gasteiger partial charge in [-0.25, -0.2) is 4.79 Å². The van der Waals surface area contributed by atoms with E-state index in [9.17, 15) is 14.4 Å². The number of cyclic esters (lactones) is 1. The largest absolute Gasteiger partial charge is 0.463 e. The topological polar surface area (TPSA) is 81.7 Å². The maximum atomic E-state index is 11.7. The van der Waals surface area contributed by atoms with E-state index < -0.39 is 23.9 Å². The highest BCUT2D eigenvalue weighted by Gasteiger charge is 2.30. The van der Waals surface area contributed by atoms with E-state index in [1.165, 1.54) is 12.1 Å². The quantitative estimate of drug-likeness (QED) is 0.836. The molecule has 2 rings (SSSR count). The van der Waals surface area contributed by atoms with Crippen LogP contribution >= 0.6 is 11.6 Å². The van der Waals surface area contributed by atoms with Gasteiger partial charge in [-0.05, 0) is 24.3 Å². The van der Waals surface area contributed by atoms with E-state index in [2.05, 4.69) is 10.1 Å². The van der Waals surface area contributed by atoms with Gasteiger partial charge >= 0.3 is 11.9 Å². The molecule has 0 aromatic heterocycles. The smallest absolute Gasteiger partial charge is 0.347 e. The van der Waals surface area contributed by atoms with Crippen molar-refractivity contribution in [2.45, 2.75) is 12.5 Å². The number of hydrogen-bond acceptors (Lipinski definition) is 5. The molecule has 0 bridgehead atoms. The third-order valence-electron chi connectivity index (χ3n) is 2.66. The van der Waals surface area contributed by atoms with E-state index in [0.29, 0.717) is 17.0 Å². The van der Waals surface area contributed by atoms with Crippen molar-refractivity contribution in [3.63, 3.8) is 0 Å². The van der Waals surface area contributed by atoms with Gasteiger partial charge in [0.15, 0.2) is 0 Å². The molecule has 106 valence electrons. The lowest BCUT2D eigenvalue weighted by molar-refractivity contribution is -0.159. The van der Waals surface area contributed by atoms with E-state index in [0.717, 1.165) is 0 Å². The molecule has 1 aromatic carbocycles. The molecule has 1 atom stereocenters. The summed E-state index contributed by atoms with van der Waals surface area (Å²) in [6.45, 7) is -0.0703. The average molecular weight is 298 g/mol. The lowest BCUT2D eigenvalue weighted by atomic mass is 10.2. The number of esters is 2. The van der Waals surface area contributed by atoms with Crippen molar-refractivity contribution >= 4 is 29.4 Å². The molecule has 1 aliphatic rings. The molecule has 0 radical (unpaired) electrons. The highest BCUT2D eigenvalue weighted by Crippen LogP contribution is 2.11. The van der Waals surface area contributed by atoms with Crippen molar-refractivity contribution in [1.82, 2.24) is 5.32 Å². The van der Waals surface area contributed by atoms with E-state index in [4.69, 9.17) is 16.3 Å². The zero-order chi connectivity index (χ0) is 14.5. The summed E-state index contributed by atoms with van der Waals surface area (Å²) in [5.74, 6) is -1.66. The minimum absolute atomic E-state index is 0.244. The number of halogens is 1. The van der Waals surface area contributed by atoms with E-state index >= 15 is 0 Å². The Bertz CT molecular complexity index is 528. The summed E-state index contributed by atoms with van der Waals surface area (Å²) in [7, 11) is 0. The number of rotatable bonds is 4. The van der Waals surface area contributed by atoms with Gasteiger partial charge in [0.2, 0.25) is 6.10 Å². The Kier molecular flexibility index (Phi) is 4.57. The lowest BCUT2D eigenvalue weighted by Crippen LogP contribution is -2.33. The predicted octanol–water partition coefficient (Wildman–Crippen LogP) is 0.929. The standard InChI is InChI=1S/C13H12ClNO5/c14-9-3-1-8(2-4-9)12(17)15-7-11(16)20-10-5-6-19-13(10)18/h1-4,10H,5-7H2,(H,15,17)/t10-/m1/s1. The van der Waals surface area contributed by atoms with E-state index in [1.807, 2.05) is 0 Å². The van der Waals surface area contributed by atoms with Gasteiger partial charge in [-0.15, -0.1) is 0 Å². The highest BCUT2D eigenvalue weighted by molar-refractivity contribution is 6.30. The van der Waals surface area contributed by atoms with Crippen molar-refractivity contribution in [2.75, 3.05) is 13.2 Å². The van der Waals surface area contributed by atoms with E-state index in [-0.39, 0.29) is 13.2 Å². The maximum Gasteiger partial charge on any atom is 0.347 e. The monoisotopic (exact) mass is 297 g/mol. The van der Waals surface area contributed by atoms with Crippen LogP contribution in [0.25, 0.3) is 0 Å². The molecular formula is C13H12ClNO5. The van der Waals surface area contributed by atoms with Crippen LogP contribution in [0.1, 0.15) is 16.8 Å². The third kappa shape index (κ3) is 3.71. The summed E-state index contributed by atoms with van der Waals surface area (Å²) in [6, 6.07) is 6.22. The van der Waals surface area contributed by atoms with Gasteiger partial charge in [-0.2, -0.15) is 0 Å². The Morgan fingerprint density at radius 2 is 2.05 bits per heavy atom. The van der Waals surface area contributed by atoms with Gasteiger partial charge < -0.3 is 14.8 Å². The van der Waals surface area contributed by atoms with Crippen molar-refractivity contribution in [3.05, 3.63) is 34.9 Å². The van der Waals surface area contributed by atoms with Crippen LogP contribution in [0.15, 0.2) is 24.3 Å². The van der Waals surface area contributed by atoms with E-state index in [1.54, 1.807) is 12.1 Å².